The number of rotatable bonds is 2. The maximum absolute atomic E-state index is 11.0. The first-order valence-corrected chi connectivity index (χ1v) is 6.76. The van der Waals surface area contributed by atoms with Crippen LogP contribution in [0.2, 0.25) is 0 Å². The monoisotopic (exact) mass is 252 g/mol. The van der Waals surface area contributed by atoms with E-state index in [0.717, 1.165) is 19.3 Å². The van der Waals surface area contributed by atoms with Gasteiger partial charge < -0.3 is 5.11 Å². The number of nitrogens with zero attached hydrogens (tertiary/aromatic N) is 4. The number of hydrogen-bond donors (Lipinski definition) is 1. The molecule has 2 unspecified atom stereocenters. The lowest BCUT2D eigenvalue weighted by atomic mass is 9.62. The van der Waals surface area contributed by atoms with E-state index in [0.29, 0.717) is 18.2 Å². The van der Waals surface area contributed by atoms with E-state index in [1.165, 1.54) is 11.2 Å². The van der Waals surface area contributed by atoms with Gasteiger partial charge in [-0.3, -0.25) is 0 Å². The van der Waals surface area contributed by atoms with Crippen LogP contribution in [0.25, 0.3) is 0 Å². The zero-order chi connectivity index (χ0) is 13.4. The van der Waals surface area contributed by atoms with E-state index >= 15 is 0 Å². The minimum absolute atomic E-state index is 0.109. The summed E-state index contributed by atoms with van der Waals surface area (Å²) in [6, 6.07) is 0. The zero-order valence-electron chi connectivity index (χ0n) is 11.8. The number of aromatic nitrogens is 4. The van der Waals surface area contributed by atoms with Gasteiger partial charge >= 0.3 is 0 Å². The van der Waals surface area contributed by atoms with Crippen molar-refractivity contribution >= 4 is 0 Å². The van der Waals surface area contributed by atoms with Gasteiger partial charge in [-0.05, 0) is 29.4 Å². The molecule has 0 spiro atoms. The van der Waals surface area contributed by atoms with Crippen LogP contribution in [-0.4, -0.2) is 30.9 Å². The molecule has 0 radical (unpaired) electrons. The first-order chi connectivity index (χ1) is 8.31. The highest BCUT2D eigenvalue weighted by Gasteiger charge is 2.45. The second kappa shape index (κ2) is 4.61. The molecular formula is C13H24N4O. The number of hydrogen-bond acceptors (Lipinski definition) is 4. The summed E-state index contributed by atoms with van der Waals surface area (Å²) in [5, 5.41) is 23.1. The fourth-order valence-electron chi connectivity index (χ4n) is 3.34. The Kier molecular flexibility index (Phi) is 3.45. The Bertz CT molecular complexity index is 409. The molecule has 102 valence electrons. The van der Waals surface area contributed by atoms with Crippen molar-refractivity contribution in [2.45, 2.75) is 58.5 Å². The molecule has 5 nitrogen and oxygen atoms in total. The highest BCUT2D eigenvalue weighted by Crippen LogP contribution is 2.45. The summed E-state index contributed by atoms with van der Waals surface area (Å²) in [5.74, 6) is 0.943. The van der Waals surface area contributed by atoms with Gasteiger partial charge in [-0.2, -0.15) is 4.80 Å². The highest BCUT2D eigenvalue weighted by molar-refractivity contribution is 5.00. The predicted octanol–water partition coefficient (Wildman–Crippen LogP) is 1.72. The minimum Gasteiger partial charge on any atom is -0.389 e. The van der Waals surface area contributed by atoms with Crippen LogP contribution < -0.4 is 0 Å². The second-order valence-corrected chi connectivity index (χ2v) is 6.64. The maximum atomic E-state index is 11.0. The van der Waals surface area contributed by atoms with Crippen molar-refractivity contribution in [3.05, 3.63) is 5.82 Å². The Morgan fingerprint density at radius 2 is 2.11 bits per heavy atom. The van der Waals surface area contributed by atoms with Gasteiger partial charge in [0.15, 0.2) is 5.82 Å². The van der Waals surface area contributed by atoms with Gasteiger partial charge in [0.1, 0.15) is 0 Å². The Morgan fingerprint density at radius 1 is 1.39 bits per heavy atom. The first kappa shape index (κ1) is 13.5. The average Bonchev–Trinajstić information content (AvgIpc) is 2.62. The summed E-state index contributed by atoms with van der Waals surface area (Å²) in [5.41, 5.74) is -0.573. The Labute approximate surface area is 109 Å². The van der Waals surface area contributed by atoms with Gasteiger partial charge in [-0.1, -0.05) is 33.6 Å². The van der Waals surface area contributed by atoms with Crippen LogP contribution in [0.15, 0.2) is 0 Å². The molecular weight excluding hydrogens is 228 g/mol. The number of aliphatic hydroxyl groups is 1. The molecule has 0 amide bonds. The van der Waals surface area contributed by atoms with Gasteiger partial charge in [0.25, 0.3) is 0 Å². The van der Waals surface area contributed by atoms with E-state index in [4.69, 9.17) is 0 Å². The lowest BCUT2D eigenvalue weighted by Crippen LogP contribution is -2.48. The summed E-state index contributed by atoms with van der Waals surface area (Å²) in [6.45, 7) is 6.62. The Balaban J connectivity index is 2.20. The first-order valence-electron chi connectivity index (χ1n) is 6.76. The van der Waals surface area contributed by atoms with Gasteiger partial charge in [0, 0.05) is 6.42 Å². The van der Waals surface area contributed by atoms with Crippen LogP contribution in [0.5, 0.6) is 0 Å². The smallest absolute Gasteiger partial charge is 0.177 e. The van der Waals surface area contributed by atoms with E-state index < -0.39 is 5.60 Å². The third kappa shape index (κ3) is 2.71. The molecule has 0 saturated heterocycles. The molecule has 2 atom stereocenters. The molecule has 0 aromatic carbocycles. The molecule has 1 saturated carbocycles. The highest BCUT2D eigenvalue weighted by atomic mass is 16.3. The quantitative estimate of drug-likeness (QED) is 0.870. The summed E-state index contributed by atoms with van der Waals surface area (Å²) < 4.78 is 0. The van der Waals surface area contributed by atoms with Crippen LogP contribution in [0.4, 0.5) is 0 Å². The average molecular weight is 252 g/mol. The van der Waals surface area contributed by atoms with Crippen molar-refractivity contribution in [3.8, 4) is 0 Å². The van der Waals surface area contributed by atoms with E-state index in [9.17, 15) is 5.11 Å². The molecule has 2 rings (SSSR count). The topological polar surface area (TPSA) is 63.8 Å². The molecule has 0 aliphatic heterocycles. The molecule has 1 aliphatic rings. The molecule has 1 aromatic heterocycles. The van der Waals surface area contributed by atoms with Gasteiger partial charge in [0.2, 0.25) is 0 Å². The molecule has 1 aliphatic carbocycles. The third-order valence-corrected chi connectivity index (χ3v) is 4.06. The summed E-state index contributed by atoms with van der Waals surface area (Å²) in [6.07, 6.45) is 4.73. The molecule has 0 bridgehead atoms. The predicted molar refractivity (Wildman–Crippen MR) is 68.9 cm³/mol. The van der Waals surface area contributed by atoms with Crippen molar-refractivity contribution < 1.29 is 5.11 Å². The van der Waals surface area contributed by atoms with E-state index in [1.54, 1.807) is 7.05 Å². The zero-order valence-corrected chi connectivity index (χ0v) is 11.8. The fraction of sp³-hybridized carbons (Fsp3) is 0.923. The van der Waals surface area contributed by atoms with Gasteiger partial charge in [-0.25, -0.2) is 0 Å². The molecule has 5 heteroatoms. The largest absolute Gasteiger partial charge is 0.389 e. The Hall–Kier alpha value is -0.970. The molecule has 1 heterocycles. The summed E-state index contributed by atoms with van der Waals surface area (Å²) in [7, 11) is 1.75. The van der Waals surface area contributed by atoms with Crippen molar-refractivity contribution in [2.24, 2.45) is 18.4 Å². The summed E-state index contributed by atoms with van der Waals surface area (Å²) in [4.78, 5) is 1.45. The SMILES string of the molecule is Cn1nnc(CC2(O)CCCCC2C(C)(C)C)n1. The molecule has 1 fully saturated rings. The molecule has 18 heavy (non-hydrogen) atoms. The third-order valence-electron chi connectivity index (χ3n) is 4.06. The standard InChI is InChI=1S/C13H24N4O/c1-12(2,3)10-7-5-6-8-13(10,18)9-11-14-16-17(4)15-11/h10,18H,5-9H2,1-4H3. The van der Waals surface area contributed by atoms with Crippen LogP contribution in [0.3, 0.4) is 0 Å². The van der Waals surface area contributed by atoms with Crippen LogP contribution in [0, 0.1) is 11.3 Å². The summed E-state index contributed by atoms with van der Waals surface area (Å²) >= 11 is 0. The van der Waals surface area contributed by atoms with E-state index in [2.05, 4.69) is 36.2 Å². The number of tetrazole rings is 1. The van der Waals surface area contributed by atoms with Crippen LogP contribution >= 0.6 is 0 Å². The fourth-order valence-corrected chi connectivity index (χ4v) is 3.34. The van der Waals surface area contributed by atoms with E-state index in [1.807, 2.05) is 0 Å². The van der Waals surface area contributed by atoms with Gasteiger partial charge in [-0.15, -0.1) is 10.2 Å². The molecule has 1 aromatic rings. The second-order valence-electron chi connectivity index (χ2n) is 6.64. The lowest BCUT2D eigenvalue weighted by molar-refractivity contribution is -0.0900. The van der Waals surface area contributed by atoms with Crippen LogP contribution in [0.1, 0.15) is 52.3 Å². The normalized spacial score (nSPS) is 29.5. The minimum atomic E-state index is -0.681. The molecule has 1 N–H and O–H groups in total. The van der Waals surface area contributed by atoms with E-state index in [-0.39, 0.29) is 5.41 Å². The van der Waals surface area contributed by atoms with Crippen LogP contribution in [-0.2, 0) is 13.5 Å². The van der Waals surface area contributed by atoms with Crippen molar-refractivity contribution in [1.82, 2.24) is 20.2 Å². The van der Waals surface area contributed by atoms with Crippen molar-refractivity contribution in [3.63, 3.8) is 0 Å². The Morgan fingerprint density at radius 3 is 2.67 bits per heavy atom. The van der Waals surface area contributed by atoms with Crippen molar-refractivity contribution in [1.29, 1.82) is 0 Å². The number of aryl methyl sites for hydroxylation is 1. The van der Waals surface area contributed by atoms with Gasteiger partial charge in [0.05, 0.1) is 12.6 Å². The van der Waals surface area contributed by atoms with Crippen molar-refractivity contribution in [2.75, 3.05) is 0 Å². The maximum Gasteiger partial charge on any atom is 0.177 e. The lowest BCUT2D eigenvalue weighted by Gasteiger charge is -2.46.